The number of thioether (sulfide) groups is 1. The minimum atomic E-state index is 0.0144. The molecule has 7 nitrogen and oxygen atoms in total. The Kier molecular flexibility index (Phi) is 8.07. The zero-order valence-electron chi connectivity index (χ0n) is 17.6. The van der Waals surface area contributed by atoms with Crippen molar-refractivity contribution in [2.45, 2.75) is 31.2 Å². The van der Waals surface area contributed by atoms with Gasteiger partial charge in [-0.25, -0.2) is 0 Å². The quantitative estimate of drug-likeness (QED) is 0.653. The van der Waals surface area contributed by atoms with Gasteiger partial charge in [-0.15, -0.1) is 10.2 Å². The first kappa shape index (κ1) is 22.1. The van der Waals surface area contributed by atoms with E-state index < -0.39 is 0 Å². The minimum absolute atomic E-state index is 0.0144. The molecule has 0 aliphatic carbocycles. The summed E-state index contributed by atoms with van der Waals surface area (Å²) in [5, 5.41) is 12.3. The van der Waals surface area contributed by atoms with E-state index in [1.165, 1.54) is 11.8 Å². The van der Waals surface area contributed by atoms with Crippen molar-refractivity contribution in [1.82, 2.24) is 15.5 Å². The summed E-state index contributed by atoms with van der Waals surface area (Å²) in [6.07, 6.45) is 2.61. The van der Waals surface area contributed by atoms with Crippen LogP contribution in [0.2, 0.25) is 0 Å². The summed E-state index contributed by atoms with van der Waals surface area (Å²) < 4.78 is 0. The van der Waals surface area contributed by atoms with E-state index in [-0.39, 0.29) is 17.7 Å². The van der Waals surface area contributed by atoms with E-state index in [1.54, 1.807) is 11.9 Å². The van der Waals surface area contributed by atoms with Crippen LogP contribution in [0.3, 0.4) is 0 Å². The largest absolute Gasteiger partial charge is 0.356 e. The van der Waals surface area contributed by atoms with Crippen LogP contribution in [-0.4, -0.2) is 54.4 Å². The summed E-state index contributed by atoms with van der Waals surface area (Å²) in [4.78, 5) is 28.3. The van der Waals surface area contributed by atoms with Gasteiger partial charge in [-0.2, -0.15) is 0 Å². The van der Waals surface area contributed by atoms with E-state index in [4.69, 9.17) is 0 Å². The third kappa shape index (κ3) is 5.95. The number of nitrogens with one attached hydrogen (secondary N) is 1. The molecule has 8 heteroatoms. The lowest BCUT2D eigenvalue weighted by Gasteiger charge is -2.31. The third-order valence-electron chi connectivity index (χ3n) is 5.23. The second kappa shape index (κ2) is 11.0. The van der Waals surface area contributed by atoms with Crippen LogP contribution in [0.25, 0.3) is 0 Å². The molecule has 1 fully saturated rings. The Morgan fingerprint density at radius 3 is 2.50 bits per heavy atom. The first-order valence-electron chi connectivity index (χ1n) is 10.4. The fourth-order valence-electron chi connectivity index (χ4n) is 3.35. The second-order valence-electron chi connectivity index (χ2n) is 7.36. The summed E-state index contributed by atoms with van der Waals surface area (Å²) in [6.45, 7) is 4.39. The monoisotopic (exact) mass is 427 g/mol. The maximum atomic E-state index is 12.4. The van der Waals surface area contributed by atoms with Gasteiger partial charge in [-0.1, -0.05) is 36.9 Å². The van der Waals surface area contributed by atoms with Crippen molar-refractivity contribution in [2.75, 3.05) is 42.2 Å². The maximum absolute atomic E-state index is 12.4. The van der Waals surface area contributed by atoms with Crippen LogP contribution in [0, 0.1) is 5.92 Å². The predicted molar refractivity (Wildman–Crippen MR) is 121 cm³/mol. The molecule has 3 rings (SSSR count). The van der Waals surface area contributed by atoms with Crippen molar-refractivity contribution in [2.24, 2.45) is 5.92 Å². The Hall–Kier alpha value is -2.61. The first-order chi connectivity index (χ1) is 14.6. The van der Waals surface area contributed by atoms with Crippen LogP contribution >= 0.6 is 11.8 Å². The first-order valence-corrected chi connectivity index (χ1v) is 11.4. The molecule has 2 amide bonds. The van der Waals surface area contributed by atoms with Crippen LogP contribution in [-0.2, 0) is 9.59 Å². The molecule has 1 aromatic carbocycles. The van der Waals surface area contributed by atoms with E-state index >= 15 is 0 Å². The van der Waals surface area contributed by atoms with Crippen LogP contribution in [0.5, 0.6) is 0 Å². The molecule has 1 N–H and O–H groups in total. The van der Waals surface area contributed by atoms with E-state index in [0.717, 1.165) is 55.4 Å². The molecule has 1 aliphatic heterocycles. The molecule has 0 saturated carbocycles. The molecule has 0 spiro atoms. The van der Waals surface area contributed by atoms with Crippen molar-refractivity contribution in [3.8, 4) is 0 Å². The van der Waals surface area contributed by atoms with Gasteiger partial charge < -0.3 is 15.1 Å². The Labute approximate surface area is 182 Å². The molecule has 30 heavy (non-hydrogen) atoms. The maximum Gasteiger partial charge on any atom is 0.237 e. The summed E-state index contributed by atoms with van der Waals surface area (Å²) in [7, 11) is 1.78. The number of hydrogen-bond donors (Lipinski definition) is 1. The number of anilines is 2. The van der Waals surface area contributed by atoms with Gasteiger partial charge >= 0.3 is 0 Å². The Morgan fingerprint density at radius 2 is 1.87 bits per heavy atom. The Morgan fingerprint density at radius 1 is 1.13 bits per heavy atom. The summed E-state index contributed by atoms with van der Waals surface area (Å²) in [5.41, 5.74) is 0.872. The lowest BCUT2D eigenvalue weighted by atomic mass is 9.96. The SMILES string of the molecule is CCCNC(=O)C1CCN(c2ccc(SCC(=O)N(C)c3ccccc3)nn2)CC1. The number of aromatic nitrogens is 2. The highest BCUT2D eigenvalue weighted by molar-refractivity contribution is 7.99. The van der Waals surface area contributed by atoms with Crippen molar-refractivity contribution in [1.29, 1.82) is 0 Å². The smallest absolute Gasteiger partial charge is 0.237 e. The molecule has 2 aromatic rings. The molecular formula is C22H29N5O2S. The highest BCUT2D eigenvalue weighted by Crippen LogP contribution is 2.23. The Bertz CT molecular complexity index is 823. The molecule has 0 radical (unpaired) electrons. The van der Waals surface area contributed by atoms with E-state index in [1.807, 2.05) is 42.5 Å². The average molecular weight is 428 g/mol. The van der Waals surface area contributed by atoms with Crippen molar-refractivity contribution < 1.29 is 9.59 Å². The van der Waals surface area contributed by atoms with Crippen LogP contribution < -0.4 is 15.1 Å². The predicted octanol–water partition coefficient (Wildman–Crippen LogP) is 2.97. The van der Waals surface area contributed by atoms with Gasteiger partial charge in [0, 0.05) is 38.3 Å². The lowest BCUT2D eigenvalue weighted by Crippen LogP contribution is -2.41. The van der Waals surface area contributed by atoms with Crippen molar-refractivity contribution in [3.63, 3.8) is 0 Å². The van der Waals surface area contributed by atoms with Crippen molar-refractivity contribution in [3.05, 3.63) is 42.5 Å². The number of amides is 2. The second-order valence-corrected chi connectivity index (χ2v) is 8.35. The molecule has 0 bridgehead atoms. The Balaban J connectivity index is 1.46. The number of carbonyl (C=O) groups is 2. The molecule has 1 aromatic heterocycles. The number of piperidine rings is 1. The summed E-state index contributed by atoms with van der Waals surface area (Å²) in [5.74, 6) is 1.39. The van der Waals surface area contributed by atoms with Gasteiger partial charge in [0.15, 0.2) is 5.82 Å². The van der Waals surface area contributed by atoms with Gasteiger partial charge in [0.25, 0.3) is 0 Å². The summed E-state index contributed by atoms with van der Waals surface area (Å²) >= 11 is 1.38. The molecule has 0 unspecified atom stereocenters. The van der Waals surface area contributed by atoms with Gasteiger partial charge in [-0.3, -0.25) is 9.59 Å². The van der Waals surface area contributed by atoms with E-state index in [9.17, 15) is 9.59 Å². The number of nitrogens with zero attached hydrogens (tertiary/aromatic N) is 4. The minimum Gasteiger partial charge on any atom is -0.356 e. The summed E-state index contributed by atoms with van der Waals surface area (Å²) in [6, 6.07) is 13.4. The number of hydrogen-bond acceptors (Lipinski definition) is 6. The van der Waals surface area contributed by atoms with Crippen LogP contribution in [0.15, 0.2) is 47.5 Å². The molecule has 2 heterocycles. The van der Waals surface area contributed by atoms with Crippen molar-refractivity contribution >= 4 is 35.1 Å². The zero-order chi connectivity index (χ0) is 21.3. The topological polar surface area (TPSA) is 78.4 Å². The van der Waals surface area contributed by atoms with Crippen LogP contribution in [0.4, 0.5) is 11.5 Å². The normalized spacial score (nSPS) is 14.4. The average Bonchev–Trinajstić information content (AvgIpc) is 2.81. The fourth-order valence-corrected chi connectivity index (χ4v) is 4.08. The zero-order valence-corrected chi connectivity index (χ0v) is 18.4. The highest BCUT2D eigenvalue weighted by atomic mass is 32.2. The molecule has 160 valence electrons. The highest BCUT2D eigenvalue weighted by Gasteiger charge is 2.25. The van der Waals surface area contributed by atoms with E-state index in [0.29, 0.717) is 5.75 Å². The van der Waals surface area contributed by atoms with Crippen LogP contribution in [0.1, 0.15) is 26.2 Å². The van der Waals surface area contributed by atoms with Gasteiger partial charge in [0.1, 0.15) is 5.03 Å². The van der Waals surface area contributed by atoms with Gasteiger partial charge in [0.2, 0.25) is 11.8 Å². The fraction of sp³-hybridized carbons (Fsp3) is 0.455. The molecule has 0 atom stereocenters. The third-order valence-corrected chi connectivity index (χ3v) is 6.13. The number of carbonyl (C=O) groups excluding carboxylic acids is 2. The lowest BCUT2D eigenvalue weighted by molar-refractivity contribution is -0.125. The molecule has 1 saturated heterocycles. The van der Waals surface area contributed by atoms with E-state index in [2.05, 4.69) is 27.3 Å². The number of benzene rings is 1. The number of rotatable bonds is 8. The number of para-hydroxylation sites is 1. The van der Waals surface area contributed by atoms with Gasteiger partial charge in [0.05, 0.1) is 5.75 Å². The molecular weight excluding hydrogens is 398 g/mol. The standard InChI is InChI=1S/C22H29N5O2S/c1-3-13-23-22(29)17-11-14-27(15-12-17)19-9-10-20(25-24-19)30-16-21(28)26(2)18-7-5-4-6-8-18/h4-10,17H,3,11-16H2,1-2H3,(H,23,29). The molecule has 1 aliphatic rings. The van der Waals surface area contributed by atoms with Gasteiger partial charge in [-0.05, 0) is 43.5 Å².